The molecule has 0 aliphatic heterocycles. The molecule has 0 unspecified atom stereocenters. The van der Waals surface area contributed by atoms with Crippen molar-refractivity contribution in [2.75, 3.05) is 5.73 Å². The molecule has 0 radical (unpaired) electrons. The van der Waals surface area contributed by atoms with E-state index in [1.165, 1.54) is 12.3 Å². The molecule has 0 saturated heterocycles. The van der Waals surface area contributed by atoms with Gasteiger partial charge in [-0.3, -0.25) is 14.5 Å². The highest BCUT2D eigenvalue weighted by Crippen LogP contribution is 2.32. The van der Waals surface area contributed by atoms with Crippen LogP contribution in [0.25, 0.3) is 21.8 Å². The molecular formula is C23H19FN6O. The number of hydrogen-bond acceptors (Lipinski definition) is 5. The number of rotatable bonds is 4. The number of aryl methyl sites for hydroxylation is 1. The molecule has 1 saturated carbocycles. The standard InChI is InChI=1S/C23H19FN6O/c1-3-13-8-18(24)20(26-10-13)12-30(15-5-6-15)23(31)14-4-7-19-16(9-14)21-17(22(25)28-19)11-27-29(21)2/h1,4,7-11,15H,5-6,12H2,2H3,(H2,25,28). The third kappa shape index (κ3) is 3.24. The van der Waals surface area contributed by atoms with Crippen LogP contribution in [0.15, 0.2) is 36.7 Å². The molecule has 3 aromatic heterocycles. The van der Waals surface area contributed by atoms with Crippen molar-refractivity contribution >= 4 is 33.5 Å². The van der Waals surface area contributed by atoms with Crippen LogP contribution in [-0.2, 0) is 13.6 Å². The molecule has 4 aromatic rings. The van der Waals surface area contributed by atoms with Crippen molar-refractivity contribution in [3.05, 3.63) is 59.3 Å². The van der Waals surface area contributed by atoms with Gasteiger partial charge in [0.25, 0.3) is 5.91 Å². The highest BCUT2D eigenvalue weighted by atomic mass is 19.1. The van der Waals surface area contributed by atoms with E-state index in [9.17, 15) is 9.18 Å². The van der Waals surface area contributed by atoms with Crippen LogP contribution < -0.4 is 5.73 Å². The van der Waals surface area contributed by atoms with Gasteiger partial charge in [-0.15, -0.1) is 6.42 Å². The van der Waals surface area contributed by atoms with Crippen LogP contribution in [0.5, 0.6) is 0 Å². The highest BCUT2D eigenvalue weighted by Gasteiger charge is 2.34. The number of nitrogen functional groups attached to an aromatic ring is 1. The van der Waals surface area contributed by atoms with Crippen molar-refractivity contribution in [1.29, 1.82) is 0 Å². The van der Waals surface area contributed by atoms with Gasteiger partial charge in [0.2, 0.25) is 0 Å². The highest BCUT2D eigenvalue weighted by molar-refractivity contribution is 6.10. The summed E-state index contributed by atoms with van der Waals surface area (Å²) in [6.45, 7) is 0.0827. The summed E-state index contributed by atoms with van der Waals surface area (Å²) in [5, 5.41) is 5.79. The zero-order valence-electron chi connectivity index (χ0n) is 16.8. The minimum absolute atomic E-state index is 0.0676. The molecule has 5 rings (SSSR count). The van der Waals surface area contributed by atoms with Crippen molar-refractivity contribution < 1.29 is 9.18 Å². The van der Waals surface area contributed by atoms with Crippen LogP contribution in [0.3, 0.4) is 0 Å². The number of fused-ring (bicyclic) bond motifs is 3. The average Bonchev–Trinajstić information content (AvgIpc) is 3.53. The molecule has 1 aromatic carbocycles. The Bertz CT molecular complexity index is 1400. The summed E-state index contributed by atoms with van der Waals surface area (Å²) in [6.07, 6.45) is 10.2. The lowest BCUT2D eigenvalue weighted by Gasteiger charge is -2.22. The number of pyridine rings is 2. The number of halogens is 1. The lowest BCUT2D eigenvalue weighted by Crippen LogP contribution is -2.33. The smallest absolute Gasteiger partial charge is 0.254 e. The largest absolute Gasteiger partial charge is 0.383 e. The van der Waals surface area contributed by atoms with Gasteiger partial charge in [-0.05, 0) is 37.1 Å². The Balaban J connectivity index is 1.54. The van der Waals surface area contributed by atoms with Gasteiger partial charge in [0.15, 0.2) is 0 Å². The second-order valence-corrected chi connectivity index (χ2v) is 7.72. The number of amides is 1. The maximum Gasteiger partial charge on any atom is 0.254 e. The topological polar surface area (TPSA) is 89.9 Å². The van der Waals surface area contributed by atoms with E-state index in [-0.39, 0.29) is 24.2 Å². The number of anilines is 1. The minimum atomic E-state index is -0.510. The molecule has 1 amide bonds. The summed E-state index contributed by atoms with van der Waals surface area (Å²) in [6, 6.07) is 6.63. The predicted molar refractivity (Wildman–Crippen MR) is 115 cm³/mol. The molecule has 1 aliphatic carbocycles. The summed E-state index contributed by atoms with van der Waals surface area (Å²) in [7, 11) is 1.82. The Hall–Kier alpha value is -3.99. The van der Waals surface area contributed by atoms with Crippen LogP contribution in [0.1, 0.15) is 34.5 Å². The maximum absolute atomic E-state index is 14.5. The lowest BCUT2D eigenvalue weighted by atomic mass is 10.1. The molecular weight excluding hydrogens is 395 g/mol. The minimum Gasteiger partial charge on any atom is -0.383 e. The predicted octanol–water partition coefficient (Wildman–Crippen LogP) is 3.02. The number of hydrogen-bond donors (Lipinski definition) is 1. The van der Waals surface area contributed by atoms with Crippen molar-refractivity contribution in [1.82, 2.24) is 24.6 Å². The number of nitrogens with zero attached hydrogens (tertiary/aromatic N) is 5. The van der Waals surface area contributed by atoms with Crippen LogP contribution in [-0.4, -0.2) is 36.6 Å². The van der Waals surface area contributed by atoms with E-state index >= 15 is 0 Å². The molecule has 8 heteroatoms. The normalized spacial score (nSPS) is 13.5. The van der Waals surface area contributed by atoms with E-state index in [0.717, 1.165) is 29.1 Å². The first-order valence-electron chi connectivity index (χ1n) is 9.89. The molecule has 1 aliphatic rings. The molecule has 0 bridgehead atoms. The van der Waals surface area contributed by atoms with E-state index in [1.807, 2.05) is 7.05 Å². The van der Waals surface area contributed by atoms with Gasteiger partial charge in [0, 0.05) is 35.8 Å². The summed E-state index contributed by atoms with van der Waals surface area (Å²) >= 11 is 0. The molecule has 31 heavy (non-hydrogen) atoms. The number of terminal acetylenes is 1. The summed E-state index contributed by atoms with van der Waals surface area (Å²) in [4.78, 5) is 23.6. The first-order chi connectivity index (χ1) is 15.0. The number of carbonyl (C=O) groups is 1. The van der Waals surface area contributed by atoms with Crippen molar-refractivity contribution in [2.45, 2.75) is 25.4 Å². The zero-order valence-corrected chi connectivity index (χ0v) is 16.8. The number of carbonyl (C=O) groups excluding carboxylic acids is 1. The van der Waals surface area contributed by atoms with Gasteiger partial charge < -0.3 is 10.6 Å². The third-order valence-electron chi connectivity index (χ3n) is 5.61. The van der Waals surface area contributed by atoms with Gasteiger partial charge in [0.05, 0.1) is 34.9 Å². The maximum atomic E-state index is 14.5. The fraction of sp³-hybridized carbons (Fsp3) is 0.217. The Morgan fingerprint density at radius 2 is 2.13 bits per heavy atom. The summed E-state index contributed by atoms with van der Waals surface area (Å²) < 4.78 is 16.2. The molecule has 3 heterocycles. The second kappa shape index (κ2) is 7.06. The quantitative estimate of drug-likeness (QED) is 0.519. The van der Waals surface area contributed by atoms with Gasteiger partial charge >= 0.3 is 0 Å². The Morgan fingerprint density at radius 3 is 2.84 bits per heavy atom. The molecule has 0 atom stereocenters. The molecule has 154 valence electrons. The van der Waals surface area contributed by atoms with Crippen molar-refractivity contribution in [3.8, 4) is 12.3 Å². The molecule has 0 spiro atoms. The lowest BCUT2D eigenvalue weighted by molar-refractivity contribution is 0.0726. The summed E-state index contributed by atoms with van der Waals surface area (Å²) in [5.74, 6) is 2.07. The van der Waals surface area contributed by atoms with Gasteiger partial charge in [0.1, 0.15) is 11.6 Å². The number of benzene rings is 1. The third-order valence-corrected chi connectivity index (χ3v) is 5.61. The molecule has 7 nitrogen and oxygen atoms in total. The van der Waals surface area contributed by atoms with Crippen molar-refractivity contribution in [2.24, 2.45) is 7.05 Å². The van der Waals surface area contributed by atoms with Gasteiger partial charge in [-0.1, -0.05) is 5.92 Å². The van der Waals surface area contributed by atoms with E-state index in [4.69, 9.17) is 12.2 Å². The zero-order chi connectivity index (χ0) is 21.7. The Morgan fingerprint density at radius 1 is 1.32 bits per heavy atom. The van der Waals surface area contributed by atoms with E-state index in [0.29, 0.717) is 22.5 Å². The number of nitrogens with two attached hydrogens (primary N) is 1. The average molecular weight is 414 g/mol. The summed E-state index contributed by atoms with van der Waals surface area (Å²) in [5.41, 5.74) is 8.61. The van der Waals surface area contributed by atoms with E-state index in [1.54, 1.807) is 34.0 Å². The first kappa shape index (κ1) is 19.0. The SMILES string of the molecule is C#Cc1cnc(CN(C(=O)c2ccc3nc(N)c4cnn(C)c4c3c2)C2CC2)c(F)c1. The first-order valence-corrected chi connectivity index (χ1v) is 9.89. The van der Waals surface area contributed by atoms with Crippen LogP contribution in [0.4, 0.5) is 10.2 Å². The monoisotopic (exact) mass is 414 g/mol. The Kier molecular flexibility index (Phi) is 4.33. The van der Waals surface area contributed by atoms with E-state index < -0.39 is 5.82 Å². The molecule has 2 N–H and O–H groups in total. The van der Waals surface area contributed by atoms with Crippen LogP contribution in [0.2, 0.25) is 0 Å². The fourth-order valence-electron chi connectivity index (χ4n) is 3.83. The van der Waals surface area contributed by atoms with Gasteiger partial charge in [-0.2, -0.15) is 5.10 Å². The van der Waals surface area contributed by atoms with E-state index in [2.05, 4.69) is 21.0 Å². The molecule has 1 fully saturated rings. The van der Waals surface area contributed by atoms with Gasteiger partial charge in [-0.25, -0.2) is 9.37 Å². The number of aromatic nitrogens is 4. The van der Waals surface area contributed by atoms with Crippen LogP contribution >= 0.6 is 0 Å². The fourth-order valence-corrected chi connectivity index (χ4v) is 3.83. The Labute approximate surface area is 177 Å². The van der Waals surface area contributed by atoms with Crippen LogP contribution in [0, 0.1) is 18.2 Å². The second-order valence-electron chi connectivity index (χ2n) is 7.72. The van der Waals surface area contributed by atoms with Crippen molar-refractivity contribution in [3.63, 3.8) is 0 Å².